The van der Waals surface area contributed by atoms with Crippen molar-refractivity contribution in [2.75, 3.05) is 26.9 Å². The van der Waals surface area contributed by atoms with Crippen LogP contribution in [-0.2, 0) is 20.8 Å². The maximum atomic E-state index is 12.7. The number of fused-ring (bicyclic) bond motifs is 1. The lowest BCUT2D eigenvalue weighted by molar-refractivity contribution is 0.0451. The summed E-state index contributed by atoms with van der Waals surface area (Å²) in [5.74, 6) is 0.0254. The van der Waals surface area contributed by atoms with E-state index in [2.05, 4.69) is 10.4 Å². The topological polar surface area (TPSA) is 101 Å². The normalized spacial score (nSPS) is 13.0. The average Bonchev–Trinajstić information content (AvgIpc) is 3.07. The minimum absolute atomic E-state index is 0.236. The molecule has 1 N–H and O–H groups in total. The van der Waals surface area contributed by atoms with Crippen molar-refractivity contribution in [1.29, 1.82) is 0 Å². The van der Waals surface area contributed by atoms with Crippen molar-refractivity contribution in [1.82, 2.24) is 15.1 Å². The van der Waals surface area contributed by atoms with Gasteiger partial charge in [0.15, 0.2) is 5.69 Å². The summed E-state index contributed by atoms with van der Waals surface area (Å²) in [5, 5.41) is 8.22. The number of nitrogens with one attached hydrogen (secondary N) is 1. The highest BCUT2D eigenvalue weighted by atomic mass is 16.6. The van der Waals surface area contributed by atoms with Crippen LogP contribution in [0, 0.1) is 5.41 Å². The van der Waals surface area contributed by atoms with Crippen LogP contribution in [0.4, 0.5) is 4.79 Å². The summed E-state index contributed by atoms with van der Waals surface area (Å²) in [6.45, 7) is 15.0. The Hall–Kier alpha value is -2.81. The van der Waals surface area contributed by atoms with E-state index < -0.39 is 17.7 Å². The van der Waals surface area contributed by atoms with Crippen LogP contribution in [0.1, 0.15) is 59.0 Å². The molecule has 0 spiro atoms. The second kappa shape index (κ2) is 10.9. The number of alkyl carbamates (subject to hydrolysis) is 1. The fraction of sp³-hybridized carbons (Fsp3) is 0.625. The minimum atomic E-state index is -0.627. The van der Waals surface area contributed by atoms with Crippen LogP contribution < -0.4 is 10.1 Å². The number of ether oxygens (including phenoxy) is 4. The quantitative estimate of drug-likeness (QED) is 0.440. The van der Waals surface area contributed by atoms with Crippen molar-refractivity contribution in [3.8, 4) is 5.75 Å². The number of benzene rings is 1. The molecule has 0 aliphatic rings. The monoisotopic (exact) mass is 463 g/mol. The Bertz CT molecular complexity index is 955. The van der Waals surface area contributed by atoms with E-state index >= 15 is 0 Å². The highest BCUT2D eigenvalue weighted by molar-refractivity contribution is 6.03. The molecular weight excluding hydrogens is 426 g/mol. The van der Waals surface area contributed by atoms with Crippen molar-refractivity contribution in [3.63, 3.8) is 0 Å². The van der Waals surface area contributed by atoms with E-state index in [1.54, 1.807) is 43.7 Å². The van der Waals surface area contributed by atoms with Gasteiger partial charge in [-0.15, -0.1) is 0 Å². The molecule has 0 aliphatic heterocycles. The van der Waals surface area contributed by atoms with Crippen LogP contribution in [0.15, 0.2) is 18.2 Å². The largest absolute Gasteiger partial charge is 0.489 e. The van der Waals surface area contributed by atoms with E-state index in [9.17, 15) is 9.59 Å². The Balaban J connectivity index is 2.43. The fourth-order valence-electron chi connectivity index (χ4n) is 3.20. The SMILES string of the molecule is CCOCCOc1cccc2c(C(=O)OC)n(CC(NC(=O)OC(C)(C)C)C(C)(C)C)nc12. The van der Waals surface area contributed by atoms with Gasteiger partial charge in [0, 0.05) is 12.0 Å². The summed E-state index contributed by atoms with van der Waals surface area (Å²) in [5.41, 5.74) is -0.140. The lowest BCUT2D eigenvalue weighted by Gasteiger charge is -2.32. The van der Waals surface area contributed by atoms with Gasteiger partial charge < -0.3 is 24.3 Å². The third kappa shape index (κ3) is 7.35. The molecule has 0 bridgehead atoms. The molecule has 2 rings (SSSR count). The van der Waals surface area contributed by atoms with E-state index in [1.165, 1.54) is 7.11 Å². The van der Waals surface area contributed by atoms with E-state index in [-0.39, 0.29) is 18.0 Å². The van der Waals surface area contributed by atoms with Crippen LogP contribution in [0.25, 0.3) is 10.9 Å². The first-order valence-corrected chi connectivity index (χ1v) is 11.1. The molecule has 2 aromatic rings. The molecule has 0 aliphatic carbocycles. The number of hydrogen-bond acceptors (Lipinski definition) is 7. The van der Waals surface area contributed by atoms with Gasteiger partial charge in [-0.1, -0.05) is 32.9 Å². The van der Waals surface area contributed by atoms with E-state index in [0.717, 1.165) is 0 Å². The zero-order valence-electron chi connectivity index (χ0n) is 21.0. The Morgan fingerprint density at radius 1 is 1.12 bits per heavy atom. The molecule has 184 valence electrons. The first-order chi connectivity index (χ1) is 15.4. The molecule has 9 heteroatoms. The highest BCUT2D eigenvalue weighted by Gasteiger charge is 2.31. The molecule has 1 aromatic carbocycles. The number of hydrogen-bond donors (Lipinski definition) is 1. The van der Waals surface area contributed by atoms with Crippen molar-refractivity contribution < 1.29 is 28.5 Å². The standard InChI is InChI=1S/C24H37N3O6/c1-9-31-13-14-32-17-12-10-11-16-19(17)26-27(20(16)21(28)30-8)15-18(23(2,3)4)25-22(29)33-24(5,6)7/h10-12,18H,9,13-15H2,1-8H3,(H,25,29). The molecule has 1 aromatic heterocycles. The number of nitrogens with zero attached hydrogens (tertiary/aromatic N) is 2. The molecule has 9 nitrogen and oxygen atoms in total. The van der Waals surface area contributed by atoms with Gasteiger partial charge in [-0.25, -0.2) is 9.59 Å². The molecule has 0 saturated heterocycles. The molecule has 0 fully saturated rings. The van der Waals surface area contributed by atoms with E-state index in [4.69, 9.17) is 18.9 Å². The summed E-state index contributed by atoms with van der Waals surface area (Å²) >= 11 is 0. The zero-order chi connectivity index (χ0) is 24.8. The highest BCUT2D eigenvalue weighted by Crippen LogP contribution is 2.30. The summed E-state index contributed by atoms with van der Waals surface area (Å²) in [7, 11) is 1.33. The van der Waals surface area contributed by atoms with E-state index in [1.807, 2.05) is 27.7 Å². The van der Waals surface area contributed by atoms with E-state index in [0.29, 0.717) is 42.2 Å². The molecule has 33 heavy (non-hydrogen) atoms. The van der Waals surface area contributed by atoms with Crippen LogP contribution in [0.2, 0.25) is 0 Å². The maximum absolute atomic E-state index is 12.7. The number of rotatable bonds is 9. The number of amides is 1. The molecule has 1 heterocycles. The predicted molar refractivity (Wildman–Crippen MR) is 126 cm³/mol. The van der Waals surface area contributed by atoms with Gasteiger partial charge in [-0.3, -0.25) is 4.68 Å². The zero-order valence-corrected chi connectivity index (χ0v) is 21.0. The van der Waals surface area contributed by atoms with Gasteiger partial charge in [0.05, 0.1) is 26.3 Å². The third-order valence-corrected chi connectivity index (χ3v) is 4.89. The van der Waals surface area contributed by atoms with Crippen molar-refractivity contribution >= 4 is 23.0 Å². The lowest BCUT2D eigenvalue weighted by atomic mass is 9.86. The van der Waals surface area contributed by atoms with Gasteiger partial charge in [0.25, 0.3) is 0 Å². The van der Waals surface area contributed by atoms with Crippen molar-refractivity contribution in [3.05, 3.63) is 23.9 Å². The smallest absolute Gasteiger partial charge is 0.407 e. The van der Waals surface area contributed by atoms with Crippen LogP contribution in [0.5, 0.6) is 5.75 Å². The molecule has 1 unspecified atom stereocenters. The molecule has 0 radical (unpaired) electrons. The second-order valence-electron chi connectivity index (χ2n) is 9.78. The number of carbonyl (C=O) groups is 2. The third-order valence-electron chi connectivity index (χ3n) is 4.89. The average molecular weight is 464 g/mol. The van der Waals surface area contributed by atoms with Crippen LogP contribution >= 0.6 is 0 Å². The van der Waals surface area contributed by atoms with Crippen LogP contribution in [0.3, 0.4) is 0 Å². The van der Waals surface area contributed by atoms with Gasteiger partial charge in [0.2, 0.25) is 0 Å². The van der Waals surface area contributed by atoms with Gasteiger partial charge in [0.1, 0.15) is 23.5 Å². The summed E-state index contributed by atoms with van der Waals surface area (Å²) < 4.78 is 23.2. The second-order valence-corrected chi connectivity index (χ2v) is 9.78. The number of methoxy groups -OCH3 is 1. The molecule has 1 amide bonds. The molecule has 1 atom stereocenters. The molecule has 0 saturated carbocycles. The number of esters is 1. The summed E-state index contributed by atoms with van der Waals surface area (Å²) in [6, 6.07) is 5.02. The Labute approximate surface area is 195 Å². The van der Waals surface area contributed by atoms with Gasteiger partial charge >= 0.3 is 12.1 Å². The lowest BCUT2D eigenvalue weighted by Crippen LogP contribution is -2.48. The van der Waals surface area contributed by atoms with Gasteiger partial charge in [-0.05, 0) is 39.2 Å². The van der Waals surface area contributed by atoms with Crippen molar-refractivity contribution in [2.45, 2.75) is 66.7 Å². The fourth-order valence-corrected chi connectivity index (χ4v) is 3.20. The Morgan fingerprint density at radius 3 is 2.39 bits per heavy atom. The predicted octanol–water partition coefficient (Wildman–Crippen LogP) is 4.18. The summed E-state index contributed by atoms with van der Waals surface area (Å²) in [4.78, 5) is 25.2. The maximum Gasteiger partial charge on any atom is 0.407 e. The first kappa shape index (κ1) is 26.4. The summed E-state index contributed by atoms with van der Waals surface area (Å²) in [6.07, 6.45) is -0.529. The van der Waals surface area contributed by atoms with Crippen molar-refractivity contribution in [2.24, 2.45) is 5.41 Å². The van der Waals surface area contributed by atoms with Crippen LogP contribution in [-0.4, -0.2) is 60.4 Å². The number of aromatic nitrogens is 2. The Morgan fingerprint density at radius 2 is 1.82 bits per heavy atom. The Kier molecular flexibility index (Phi) is 8.71. The number of carbonyl (C=O) groups excluding carboxylic acids is 2. The molecular formula is C24H37N3O6. The minimum Gasteiger partial charge on any atom is -0.489 e. The van der Waals surface area contributed by atoms with Gasteiger partial charge in [-0.2, -0.15) is 5.10 Å². The first-order valence-electron chi connectivity index (χ1n) is 11.1.